The highest BCUT2D eigenvalue weighted by atomic mass is 32.2. The summed E-state index contributed by atoms with van der Waals surface area (Å²) in [6, 6.07) is 9.01. The molecule has 242 valence electrons. The van der Waals surface area contributed by atoms with Crippen molar-refractivity contribution >= 4 is 58.3 Å². The quantitative estimate of drug-likeness (QED) is 0.0529. The van der Waals surface area contributed by atoms with E-state index in [9.17, 15) is 0 Å². The van der Waals surface area contributed by atoms with Gasteiger partial charge in [0.15, 0.2) is 0 Å². The molecule has 0 bridgehead atoms. The predicted octanol–water partition coefficient (Wildman–Crippen LogP) is 15.2. The van der Waals surface area contributed by atoms with Crippen LogP contribution < -0.4 is 0 Å². The predicted molar refractivity (Wildman–Crippen MR) is 210 cm³/mol. The highest BCUT2D eigenvalue weighted by Gasteiger charge is 2.00. The molecule has 0 aromatic carbocycles. The van der Waals surface area contributed by atoms with E-state index in [1.807, 2.05) is 46.2 Å². The molecule has 0 atom stereocenters. The summed E-state index contributed by atoms with van der Waals surface area (Å²) in [5.41, 5.74) is 0. The van der Waals surface area contributed by atoms with E-state index in [2.05, 4.69) is 111 Å². The Morgan fingerprint density at radius 2 is 0.727 bits per heavy atom. The largest absolute Gasteiger partial charge is 0.129 e. The third kappa shape index (κ3) is 22.1. The van der Waals surface area contributed by atoms with Gasteiger partial charge in [0.1, 0.15) is 0 Å². The van der Waals surface area contributed by atoms with Crippen LogP contribution in [0.15, 0.2) is 93.4 Å². The van der Waals surface area contributed by atoms with Gasteiger partial charge in [0.05, 0.1) is 8.42 Å². The summed E-state index contributed by atoms with van der Waals surface area (Å²) >= 11 is 7.83. The van der Waals surface area contributed by atoms with Crippen molar-refractivity contribution in [2.75, 3.05) is 11.5 Å². The summed E-state index contributed by atoms with van der Waals surface area (Å²) in [6.45, 7) is 4.57. The molecule has 0 fully saturated rings. The molecule has 44 heavy (non-hydrogen) atoms. The van der Waals surface area contributed by atoms with Crippen LogP contribution in [0.3, 0.4) is 0 Å². The van der Waals surface area contributed by atoms with Gasteiger partial charge in [-0.2, -0.15) is 0 Å². The lowest BCUT2D eigenvalue weighted by Gasteiger charge is -2.01. The number of hydrogen-bond acceptors (Lipinski definition) is 4. The van der Waals surface area contributed by atoms with Gasteiger partial charge in [-0.05, 0) is 60.8 Å². The van der Waals surface area contributed by atoms with Crippen LogP contribution in [0.5, 0.6) is 0 Å². The lowest BCUT2D eigenvalue weighted by Crippen LogP contribution is -1.82. The maximum absolute atomic E-state index is 2.29. The Bertz CT molecular complexity index is 1020. The molecule has 0 aliphatic rings. The molecule has 2 aromatic heterocycles. The van der Waals surface area contributed by atoms with Gasteiger partial charge in [0.2, 0.25) is 0 Å². The summed E-state index contributed by atoms with van der Waals surface area (Å²) in [5.74, 6) is 2.49. The van der Waals surface area contributed by atoms with Crippen molar-refractivity contribution in [2.45, 2.75) is 125 Å². The lowest BCUT2D eigenvalue weighted by molar-refractivity contribution is 0.586. The van der Waals surface area contributed by atoms with Crippen molar-refractivity contribution in [2.24, 2.45) is 0 Å². The van der Waals surface area contributed by atoms with Gasteiger partial charge in [0.25, 0.3) is 0 Å². The average Bonchev–Trinajstić information content (AvgIpc) is 3.69. The number of hydrogen-bond donors (Lipinski definition) is 0. The summed E-state index contributed by atoms with van der Waals surface area (Å²) in [6.07, 6.45) is 47.6. The molecule has 0 amide bonds. The zero-order valence-corrected chi connectivity index (χ0v) is 30.9. The number of rotatable bonds is 27. The van der Waals surface area contributed by atoms with Crippen LogP contribution in [0, 0.1) is 0 Å². The van der Waals surface area contributed by atoms with Crippen LogP contribution in [0.4, 0.5) is 0 Å². The van der Waals surface area contributed by atoms with E-state index in [0.29, 0.717) is 0 Å². The fraction of sp³-hybridized carbons (Fsp3) is 0.500. The minimum absolute atomic E-state index is 1.25. The third-order valence-electron chi connectivity index (χ3n) is 7.21. The molecular weight excluding hydrogens is 609 g/mol. The van der Waals surface area contributed by atoms with E-state index < -0.39 is 0 Å². The van der Waals surface area contributed by atoms with Crippen molar-refractivity contribution in [1.29, 1.82) is 0 Å². The Hall–Kier alpha value is -1.46. The van der Waals surface area contributed by atoms with Gasteiger partial charge >= 0.3 is 0 Å². The molecule has 0 N–H and O–H groups in total. The fourth-order valence-corrected chi connectivity index (χ4v) is 8.91. The van der Waals surface area contributed by atoms with Crippen LogP contribution >= 0.6 is 46.2 Å². The van der Waals surface area contributed by atoms with Gasteiger partial charge in [-0.1, -0.05) is 164 Å². The molecule has 2 heterocycles. The summed E-state index contributed by atoms with van der Waals surface area (Å²) < 4.78 is 2.88. The first-order valence-corrected chi connectivity index (χ1v) is 20.9. The average molecular weight is 667 g/mol. The maximum atomic E-state index is 2.29. The third-order valence-corrected chi connectivity index (χ3v) is 11.9. The monoisotopic (exact) mass is 666 g/mol. The van der Waals surface area contributed by atoms with Crippen molar-refractivity contribution in [3.63, 3.8) is 0 Å². The van der Waals surface area contributed by atoms with E-state index in [4.69, 9.17) is 0 Å². The normalized spacial score (nSPS) is 12.7. The molecule has 0 aliphatic carbocycles. The SMILES string of the molecule is CCCCCCCCCCSc1ccc(/C=C/C=C/C=C/C=C/C=C/C=C/c2ccc(SCCCCCCCCCC)s2)s1. The number of thiophene rings is 2. The molecular formula is C40H58S4. The molecule has 4 heteroatoms. The first kappa shape index (κ1) is 38.7. The molecule has 0 aliphatic heterocycles. The summed E-state index contributed by atoms with van der Waals surface area (Å²) in [4.78, 5) is 2.65. The van der Waals surface area contributed by atoms with Crippen molar-refractivity contribution in [3.8, 4) is 0 Å². The zero-order valence-electron chi connectivity index (χ0n) is 27.6. The van der Waals surface area contributed by atoms with Gasteiger partial charge in [0, 0.05) is 9.75 Å². The van der Waals surface area contributed by atoms with Crippen LogP contribution in [0.2, 0.25) is 0 Å². The first-order valence-electron chi connectivity index (χ1n) is 17.3. The lowest BCUT2D eigenvalue weighted by atomic mass is 10.1. The Morgan fingerprint density at radius 1 is 0.409 bits per heavy atom. The standard InChI is InChI=1S/C40H58S4/c1-3-5-7-9-11-19-23-27-35-41-39-33-31-37(43-39)29-25-21-17-15-13-14-16-18-22-26-30-38-32-34-40(44-38)42-36-28-24-20-12-10-8-6-4-2/h13-18,21-22,25-26,29-34H,3-12,19-20,23-24,27-28,35-36H2,1-2H3/b15-13+,16-14+,21-17+,22-18+,29-25+,30-26+. The number of thioether (sulfide) groups is 2. The Balaban J connectivity index is 1.50. The molecule has 2 aromatic rings. The number of unbranched alkanes of at least 4 members (excludes halogenated alkanes) is 14. The van der Waals surface area contributed by atoms with E-state index in [-0.39, 0.29) is 0 Å². The minimum atomic E-state index is 1.25. The second-order valence-corrected chi connectivity index (χ2v) is 16.2. The molecule has 0 unspecified atom stereocenters. The van der Waals surface area contributed by atoms with Gasteiger partial charge < -0.3 is 0 Å². The van der Waals surface area contributed by atoms with Crippen LogP contribution in [0.1, 0.15) is 126 Å². The van der Waals surface area contributed by atoms with Crippen LogP contribution in [-0.2, 0) is 0 Å². The molecule has 0 spiro atoms. The molecule has 0 saturated heterocycles. The van der Waals surface area contributed by atoms with Gasteiger partial charge in [-0.15, -0.1) is 46.2 Å². The van der Waals surface area contributed by atoms with Gasteiger partial charge in [-0.3, -0.25) is 0 Å². The summed E-state index contributed by atoms with van der Waals surface area (Å²) in [5, 5.41) is 0. The number of allylic oxidation sites excluding steroid dienone is 10. The second-order valence-electron chi connectivity index (χ2n) is 11.2. The molecule has 0 radical (unpaired) electrons. The van der Waals surface area contributed by atoms with E-state index in [0.717, 1.165) is 0 Å². The van der Waals surface area contributed by atoms with Crippen molar-refractivity contribution < 1.29 is 0 Å². The zero-order chi connectivity index (χ0) is 31.2. The molecule has 2 rings (SSSR count). The minimum Gasteiger partial charge on any atom is -0.129 e. The van der Waals surface area contributed by atoms with Crippen molar-refractivity contribution in [3.05, 3.63) is 94.8 Å². The first-order chi connectivity index (χ1) is 21.8. The topological polar surface area (TPSA) is 0 Å². The van der Waals surface area contributed by atoms with Crippen molar-refractivity contribution in [1.82, 2.24) is 0 Å². The van der Waals surface area contributed by atoms with Crippen LogP contribution in [0.25, 0.3) is 12.2 Å². The highest BCUT2D eigenvalue weighted by molar-refractivity contribution is 8.01. The van der Waals surface area contributed by atoms with Crippen LogP contribution in [-0.4, -0.2) is 11.5 Å². The van der Waals surface area contributed by atoms with E-state index >= 15 is 0 Å². The molecule has 0 saturated carbocycles. The second kappa shape index (κ2) is 29.0. The Labute approximate surface area is 288 Å². The fourth-order valence-electron chi connectivity index (χ4n) is 4.63. The molecule has 0 nitrogen and oxygen atoms in total. The Kier molecular flexibility index (Phi) is 25.5. The van der Waals surface area contributed by atoms with E-state index in [1.165, 1.54) is 132 Å². The maximum Gasteiger partial charge on any atom is 0.0604 e. The smallest absolute Gasteiger partial charge is 0.0604 e. The summed E-state index contributed by atoms with van der Waals surface area (Å²) in [7, 11) is 0. The Morgan fingerprint density at radius 3 is 1.09 bits per heavy atom. The van der Waals surface area contributed by atoms with Gasteiger partial charge in [-0.25, -0.2) is 0 Å². The highest BCUT2D eigenvalue weighted by Crippen LogP contribution is 2.30. The van der Waals surface area contributed by atoms with E-state index in [1.54, 1.807) is 0 Å².